The van der Waals surface area contributed by atoms with Gasteiger partial charge in [-0.1, -0.05) is 0 Å². The number of nitrogens with zero attached hydrogens (tertiary/aromatic N) is 4. The Kier molecular flexibility index (Phi) is 4.54. The van der Waals surface area contributed by atoms with Crippen molar-refractivity contribution in [2.75, 3.05) is 37.0 Å². The summed E-state index contributed by atoms with van der Waals surface area (Å²) in [5, 5.41) is 3.27. The summed E-state index contributed by atoms with van der Waals surface area (Å²) in [4.78, 5) is 14.6. The molecule has 1 saturated heterocycles. The van der Waals surface area contributed by atoms with Gasteiger partial charge in [0.25, 0.3) is 0 Å². The summed E-state index contributed by atoms with van der Waals surface area (Å²) in [5.41, 5.74) is 0. The number of halogens is 1. The molecule has 0 aliphatic carbocycles. The van der Waals surface area contributed by atoms with Gasteiger partial charge in [0.2, 0.25) is 17.2 Å². The van der Waals surface area contributed by atoms with E-state index in [0.29, 0.717) is 17.9 Å². The molecule has 6 nitrogen and oxygen atoms in total. The highest BCUT2D eigenvalue weighted by Crippen LogP contribution is 2.19. The van der Waals surface area contributed by atoms with Gasteiger partial charge in [-0.05, 0) is 31.4 Å². The predicted octanol–water partition coefficient (Wildman–Crippen LogP) is 1.57. The van der Waals surface area contributed by atoms with Crippen LogP contribution in [0.3, 0.4) is 0 Å². The number of hydrogen-bond donors (Lipinski definition) is 1. The first-order valence-corrected chi connectivity index (χ1v) is 6.54. The summed E-state index contributed by atoms with van der Waals surface area (Å²) in [7, 11) is 1.98. The Morgan fingerprint density at radius 3 is 2.72 bits per heavy atom. The zero-order chi connectivity index (χ0) is 13.0. The Bertz CT molecular complexity index is 397. The Balaban J connectivity index is 2.15. The van der Waals surface area contributed by atoms with E-state index < -0.39 is 0 Å². The van der Waals surface area contributed by atoms with E-state index in [1.807, 2.05) is 14.0 Å². The lowest BCUT2D eigenvalue weighted by Gasteiger charge is -2.31. The van der Waals surface area contributed by atoms with Crippen LogP contribution in [0.5, 0.6) is 0 Å². The van der Waals surface area contributed by atoms with Crippen LogP contribution in [0.1, 0.15) is 19.8 Å². The van der Waals surface area contributed by atoms with Crippen LogP contribution in [0.15, 0.2) is 0 Å². The Labute approximate surface area is 112 Å². The first-order chi connectivity index (χ1) is 8.70. The molecule has 0 bridgehead atoms. The highest BCUT2D eigenvalue weighted by atomic mass is 35.5. The molecular weight excluding hydrogens is 254 g/mol. The first-order valence-electron chi connectivity index (χ1n) is 6.16. The molecule has 1 fully saturated rings. The summed E-state index contributed by atoms with van der Waals surface area (Å²) < 4.78 is 5.35. The normalized spacial score (nSPS) is 16.6. The van der Waals surface area contributed by atoms with Gasteiger partial charge in [0.15, 0.2) is 0 Å². The van der Waals surface area contributed by atoms with Crippen LogP contribution in [0.25, 0.3) is 0 Å². The smallest absolute Gasteiger partial charge is 0.231 e. The van der Waals surface area contributed by atoms with Crippen molar-refractivity contribution in [2.45, 2.75) is 25.8 Å². The molecule has 2 rings (SSSR count). The van der Waals surface area contributed by atoms with Crippen LogP contribution < -0.4 is 10.2 Å². The van der Waals surface area contributed by atoms with E-state index in [-0.39, 0.29) is 5.28 Å². The fourth-order valence-electron chi connectivity index (χ4n) is 1.97. The van der Waals surface area contributed by atoms with Gasteiger partial charge < -0.3 is 15.0 Å². The van der Waals surface area contributed by atoms with Crippen LogP contribution >= 0.6 is 11.6 Å². The number of aromatic nitrogens is 3. The van der Waals surface area contributed by atoms with Crippen molar-refractivity contribution in [3.8, 4) is 0 Å². The largest absolute Gasteiger partial charge is 0.381 e. The SMILES string of the molecule is CCNc1nc(Cl)nc(N(C)C2CCOCC2)n1. The van der Waals surface area contributed by atoms with Gasteiger partial charge in [-0.3, -0.25) is 0 Å². The lowest BCUT2D eigenvalue weighted by atomic mass is 10.1. The molecule has 18 heavy (non-hydrogen) atoms. The maximum atomic E-state index is 5.92. The van der Waals surface area contributed by atoms with Gasteiger partial charge in [-0.15, -0.1) is 0 Å². The summed E-state index contributed by atoms with van der Waals surface area (Å²) in [5.74, 6) is 1.13. The molecule has 0 aromatic carbocycles. The molecule has 1 N–H and O–H groups in total. The molecule has 1 aromatic heterocycles. The summed E-state index contributed by atoms with van der Waals surface area (Å²) in [6.45, 7) is 4.31. The minimum Gasteiger partial charge on any atom is -0.381 e. The van der Waals surface area contributed by atoms with Gasteiger partial charge in [0, 0.05) is 32.8 Å². The van der Waals surface area contributed by atoms with Crippen LogP contribution in [0, 0.1) is 0 Å². The second kappa shape index (κ2) is 6.15. The molecule has 0 atom stereocenters. The molecule has 0 unspecified atom stereocenters. The molecule has 0 saturated carbocycles. The average molecular weight is 272 g/mol. The van der Waals surface area contributed by atoms with Crippen LogP contribution in [0.4, 0.5) is 11.9 Å². The number of anilines is 2. The van der Waals surface area contributed by atoms with E-state index >= 15 is 0 Å². The minimum atomic E-state index is 0.217. The lowest BCUT2D eigenvalue weighted by Crippen LogP contribution is -2.37. The fourth-order valence-corrected chi connectivity index (χ4v) is 2.13. The molecule has 100 valence electrons. The van der Waals surface area contributed by atoms with Crippen molar-refractivity contribution in [1.82, 2.24) is 15.0 Å². The van der Waals surface area contributed by atoms with Gasteiger partial charge in [0.1, 0.15) is 0 Å². The van der Waals surface area contributed by atoms with Gasteiger partial charge in [-0.2, -0.15) is 15.0 Å². The van der Waals surface area contributed by atoms with Crippen LogP contribution in [-0.2, 0) is 4.74 Å². The number of nitrogens with one attached hydrogen (secondary N) is 1. The Morgan fingerprint density at radius 2 is 2.06 bits per heavy atom. The zero-order valence-electron chi connectivity index (χ0n) is 10.7. The molecule has 1 aliphatic rings. The van der Waals surface area contributed by atoms with Gasteiger partial charge >= 0.3 is 0 Å². The maximum absolute atomic E-state index is 5.92. The third-order valence-electron chi connectivity index (χ3n) is 2.99. The molecule has 0 amide bonds. The van der Waals surface area contributed by atoms with Gasteiger partial charge in [0.05, 0.1) is 0 Å². The van der Waals surface area contributed by atoms with Crippen molar-refractivity contribution < 1.29 is 4.74 Å². The quantitative estimate of drug-likeness (QED) is 0.897. The molecule has 2 heterocycles. The summed E-state index contributed by atoms with van der Waals surface area (Å²) in [6, 6.07) is 0.395. The van der Waals surface area contributed by atoms with E-state index in [1.54, 1.807) is 0 Å². The number of hydrogen-bond acceptors (Lipinski definition) is 6. The summed E-state index contributed by atoms with van der Waals surface area (Å²) in [6.07, 6.45) is 1.96. The lowest BCUT2D eigenvalue weighted by molar-refractivity contribution is 0.0852. The van der Waals surface area contributed by atoms with E-state index in [2.05, 4.69) is 25.2 Å². The van der Waals surface area contributed by atoms with Crippen LogP contribution in [0.2, 0.25) is 5.28 Å². The minimum absolute atomic E-state index is 0.217. The number of ether oxygens (including phenoxy) is 1. The van der Waals surface area contributed by atoms with E-state index in [4.69, 9.17) is 16.3 Å². The van der Waals surface area contributed by atoms with Gasteiger partial charge in [-0.25, -0.2) is 0 Å². The van der Waals surface area contributed by atoms with Crippen molar-refractivity contribution in [3.63, 3.8) is 0 Å². The van der Waals surface area contributed by atoms with Crippen molar-refractivity contribution in [2.24, 2.45) is 0 Å². The molecule has 1 aliphatic heterocycles. The highest BCUT2D eigenvalue weighted by Gasteiger charge is 2.21. The van der Waals surface area contributed by atoms with E-state index in [1.165, 1.54) is 0 Å². The second-order valence-electron chi connectivity index (χ2n) is 4.21. The Morgan fingerprint density at radius 1 is 1.33 bits per heavy atom. The van der Waals surface area contributed by atoms with Crippen molar-refractivity contribution in [3.05, 3.63) is 5.28 Å². The fraction of sp³-hybridized carbons (Fsp3) is 0.727. The average Bonchev–Trinajstić information content (AvgIpc) is 2.38. The zero-order valence-corrected chi connectivity index (χ0v) is 11.4. The van der Waals surface area contributed by atoms with Crippen molar-refractivity contribution >= 4 is 23.5 Å². The molecule has 1 aromatic rings. The van der Waals surface area contributed by atoms with E-state index in [0.717, 1.165) is 32.6 Å². The molecule has 7 heteroatoms. The van der Waals surface area contributed by atoms with Crippen molar-refractivity contribution in [1.29, 1.82) is 0 Å². The monoisotopic (exact) mass is 271 g/mol. The molecular formula is C11H18ClN5O. The maximum Gasteiger partial charge on any atom is 0.231 e. The molecule has 0 spiro atoms. The second-order valence-corrected chi connectivity index (χ2v) is 4.55. The Hall–Kier alpha value is -1.14. The third kappa shape index (κ3) is 3.20. The van der Waals surface area contributed by atoms with Crippen LogP contribution in [-0.4, -0.2) is 47.8 Å². The first kappa shape index (κ1) is 13.3. The highest BCUT2D eigenvalue weighted by molar-refractivity contribution is 6.28. The standard InChI is InChI=1S/C11H18ClN5O/c1-3-13-10-14-9(12)15-11(16-10)17(2)8-4-6-18-7-5-8/h8H,3-7H2,1-2H3,(H,13,14,15,16). The topological polar surface area (TPSA) is 63.2 Å². The predicted molar refractivity (Wildman–Crippen MR) is 71.2 cm³/mol. The molecule has 0 radical (unpaired) electrons. The third-order valence-corrected chi connectivity index (χ3v) is 3.15. The number of rotatable bonds is 4. The van der Waals surface area contributed by atoms with E-state index in [9.17, 15) is 0 Å². The summed E-state index contributed by atoms with van der Waals surface area (Å²) >= 11 is 5.92.